The van der Waals surface area contributed by atoms with Gasteiger partial charge in [-0.1, -0.05) is 30.0 Å². The number of amides is 2. The molecule has 1 fully saturated rings. The van der Waals surface area contributed by atoms with E-state index in [0.717, 1.165) is 24.1 Å². The summed E-state index contributed by atoms with van der Waals surface area (Å²) in [5, 5.41) is 0.472. The molecule has 1 atom stereocenters. The Bertz CT molecular complexity index is 762. The molecular weight excluding hydrogens is 352 g/mol. The van der Waals surface area contributed by atoms with Gasteiger partial charge in [-0.25, -0.2) is 4.79 Å². The van der Waals surface area contributed by atoms with E-state index in [4.69, 9.17) is 4.74 Å². The predicted octanol–water partition coefficient (Wildman–Crippen LogP) is 2.33. The smallest absolute Gasteiger partial charge is 0.333 e. The van der Waals surface area contributed by atoms with Crippen molar-refractivity contribution in [3.63, 3.8) is 0 Å². The van der Waals surface area contributed by atoms with Crippen LogP contribution < -0.4 is 4.90 Å². The van der Waals surface area contributed by atoms with Gasteiger partial charge in [0, 0.05) is 11.7 Å². The van der Waals surface area contributed by atoms with Gasteiger partial charge in [-0.2, -0.15) is 0 Å². The minimum absolute atomic E-state index is 0.0697. The van der Waals surface area contributed by atoms with E-state index in [1.54, 1.807) is 11.8 Å². The first kappa shape index (κ1) is 18.5. The van der Waals surface area contributed by atoms with E-state index in [-0.39, 0.29) is 36.8 Å². The van der Waals surface area contributed by atoms with Crippen LogP contribution >= 0.6 is 11.8 Å². The van der Waals surface area contributed by atoms with Crippen LogP contribution in [0.3, 0.4) is 0 Å². The monoisotopic (exact) mass is 374 g/mol. The molecule has 7 heteroatoms. The lowest BCUT2D eigenvalue weighted by molar-refractivity contribution is -0.137. The van der Waals surface area contributed by atoms with E-state index < -0.39 is 5.97 Å². The highest BCUT2D eigenvalue weighted by Crippen LogP contribution is 2.32. The van der Waals surface area contributed by atoms with Crippen molar-refractivity contribution in [3.8, 4) is 0 Å². The fourth-order valence-corrected chi connectivity index (χ4v) is 4.19. The van der Waals surface area contributed by atoms with Gasteiger partial charge >= 0.3 is 5.97 Å². The summed E-state index contributed by atoms with van der Waals surface area (Å²) in [6.07, 6.45) is 3.12. The van der Waals surface area contributed by atoms with Crippen molar-refractivity contribution in [3.05, 3.63) is 40.9 Å². The van der Waals surface area contributed by atoms with E-state index in [9.17, 15) is 14.4 Å². The third-order valence-corrected chi connectivity index (χ3v) is 5.55. The molecule has 0 aliphatic carbocycles. The Kier molecular flexibility index (Phi) is 5.66. The lowest BCUT2D eigenvalue weighted by Gasteiger charge is -2.36. The number of thioether (sulfide) groups is 1. The Balaban J connectivity index is 1.80. The van der Waals surface area contributed by atoms with Gasteiger partial charge in [-0.05, 0) is 38.3 Å². The SMILES string of the molecule is CCOC(=O)/C=C1\SCC(=O)N1CC(=O)N1c2ccccc2CCC1C. The van der Waals surface area contributed by atoms with Gasteiger partial charge < -0.3 is 9.64 Å². The van der Waals surface area contributed by atoms with Crippen molar-refractivity contribution in [2.45, 2.75) is 32.7 Å². The molecule has 0 saturated carbocycles. The average molecular weight is 374 g/mol. The standard InChI is InChI=1S/C19H22N2O4S/c1-3-25-19(24)10-18-20(17(23)12-26-18)11-16(22)21-13(2)8-9-14-6-4-5-7-15(14)21/h4-7,10,13H,3,8-9,11-12H2,1-2H3/b18-10-. The van der Waals surface area contributed by atoms with Crippen molar-refractivity contribution in [2.75, 3.05) is 23.8 Å². The molecule has 2 aliphatic rings. The number of rotatable bonds is 4. The van der Waals surface area contributed by atoms with Crippen molar-refractivity contribution in [2.24, 2.45) is 0 Å². The van der Waals surface area contributed by atoms with Crippen LogP contribution in [0.25, 0.3) is 0 Å². The molecule has 0 radical (unpaired) electrons. The molecular formula is C19H22N2O4S. The number of benzene rings is 1. The number of carbonyl (C=O) groups is 3. The molecule has 1 saturated heterocycles. The molecule has 1 unspecified atom stereocenters. The number of hydrogen-bond acceptors (Lipinski definition) is 5. The average Bonchev–Trinajstić information content (AvgIpc) is 2.95. The van der Waals surface area contributed by atoms with Crippen LogP contribution in [0.2, 0.25) is 0 Å². The maximum Gasteiger partial charge on any atom is 0.333 e. The quantitative estimate of drug-likeness (QED) is 0.598. The number of anilines is 1. The summed E-state index contributed by atoms with van der Waals surface area (Å²) in [5.41, 5.74) is 2.05. The first-order valence-corrected chi connectivity index (χ1v) is 9.71. The summed E-state index contributed by atoms with van der Waals surface area (Å²) < 4.78 is 4.91. The van der Waals surface area contributed by atoms with Crippen LogP contribution in [-0.4, -0.2) is 47.6 Å². The number of ether oxygens (including phenoxy) is 1. The molecule has 2 amide bonds. The predicted molar refractivity (Wildman–Crippen MR) is 101 cm³/mol. The van der Waals surface area contributed by atoms with Crippen LogP contribution in [0.1, 0.15) is 25.8 Å². The number of nitrogens with zero attached hydrogens (tertiary/aromatic N) is 2. The highest BCUT2D eigenvalue weighted by molar-refractivity contribution is 8.04. The number of esters is 1. The number of aryl methyl sites for hydroxylation is 1. The maximum absolute atomic E-state index is 13.0. The van der Waals surface area contributed by atoms with Crippen LogP contribution in [0.15, 0.2) is 35.4 Å². The zero-order chi connectivity index (χ0) is 18.7. The largest absolute Gasteiger partial charge is 0.463 e. The van der Waals surface area contributed by atoms with E-state index in [2.05, 4.69) is 0 Å². The second-order valence-corrected chi connectivity index (χ2v) is 7.28. The first-order valence-electron chi connectivity index (χ1n) is 8.72. The molecule has 1 aromatic rings. The summed E-state index contributed by atoms with van der Waals surface area (Å²) in [6, 6.07) is 7.93. The molecule has 0 N–H and O–H groups in total. The lowest BCUT2D eigenvalue weighted by atomic mass is 9.96. The van der Waals surface area contributed by atoms with Crippen molar-refractivity contribution in [1.29, 1.82) is 0 Å². The zero-order valence-electron chi connectivity index (χ0n) is 14.9. The van der Waals surface area contributed by atoms with Gasteiger partial charge in [0.1, 0.15) is 6.54 Å². The van der Waals surface area contributed by atoms with Gasteiger partial charge in [0.05, 0.1) is 23.5 Å². The minimum atomic E-state index is -0.501. The Morgan fingerprint density at radius 3 is 2.88 bits per heavy atom. The number of carbonyl (C=O) groups excluding carboxylic acids is 3. The van der Waals surface area contributed by atoms with Crippen LogP contribution in [0, 0.1) is 0 Å². The molecule has 0 aromatic heterocycles. The molecule has 3 rings (SSSR count). The second kappa shape index (κ2) is 7.95. The number of hydrogen-bond donors (Lipinski definition) is 0. The normalized spacial score (nSPS) is 21.1. The van der Waals surface area contributed by atoms with Gasteiger partial charge in [-0.15, -0.1) is 0 Å². The Hall–Kier alpha value is -2.28. The molecule has 2 heterocycles. The van der Waals surface area contributed by atoms with Crippen molar-refractivity contribution in [1.82, 2.24) is 4.90 Å². The zero-order valence-corrected chi connectivity index (χ0v) is 15.8. The highest BCUT2D eigenvalue weighted by atomic mass is 32.2. The van der Waals surface area contributed by atoms with E-state index in [1.165, 1.54) is 22.7 Å². The topological polar surface area (TPSA) is 66.9 Å². The van der Waals surface area contributed by atoms with Crippen molar-refractivity contribution < 1.29 is 19.1 Å². The summed E-state index contributed by atoms with van der Waals surface area (Å²) in [6.45, 7) is 3.93. The third-order valence-electron chi connectivity index (χ3n) is 4.52. The fourth-order valence-electron chi connectivity index (χ4n) is 3.26. The molecule has 26 heavy (non-hydrogen) atoms. The summed E-state index contributed by atoms with van der Waals surface area (Å²) in [4.78, 5) is 40.1. The molecule has 1 aromatic carbocycles. The minimum Gasteiger partial charge on any atom is -0.463 e. The second-order valence-electron chi connectivity index (χ2n) is 6.28. The highest BCUT2D eigenvalue weighted by Gasteiger charge is 2.34. The first-order chi connectivity index (χ1) is 12.5. The van der Waals surface area contributed by atoms with Gasteiger partial charge in [-0.3, -0.25) is 14.5 Å². The van der Waals surface area contributed by atoms with Crippen LogP contribution in [0.5, 0.6) is 0 Å². The lowest BCUT2D eigenvalue weighted by Crippen LogP contribution is -2.47. The summed E-state index contributed by atoms with van der Waals surface area (Å²) in [7, 11) is 0. The number of fused-ring (bicyclic) bond motifs is 1. The van der Waals surface area contributed by atoms with Gasteiger partial charge in [0.15, 0.2) is 0 Å². The maximum atomic E-state index is 13.0. The van der Waals surface area contributed by atoms with Gasteiger partial charge in [0.2, 0.25) is 11.8 Å². The third kappa shape index (κ3) is 3.77. The summed E-state index contributed by atoms with van der Waals surface area (Å²) >= 11 is 1.25. The van der Waals surface area contributed by atoms with Crippen LogP contribution in [-0.2, 0) is 25.5 Å². The van der Waals surface area contributed by atoms with E-state index >= 15 is 0 Å². The fraction of sp³-hybridized carbons (Fsp3) is 0.421. The molecule has 0 spiro atoms. The molecule has 138 valence electrons. The Morgan fingerprint density at radius 2 is 2.12 bits per heavy atom. The Morgan fingerprint density at radius 1 is 1.35 bits per heavy atom. The van der Waals surface area contributed by atoms with Gasteiger partial charge in [0.25, 0.3) is 0 Å². The Labute approximate surface area is 157 Å². The van der Waals surface area contributed by atoms with E-state index in [0.29, 0.717) is 5.03 Å². The molecule has 2 aliphatic heterocycles. The summed E-state index contributed by atoms with van der Waals surface area (Å²) in [5.74, 6) is -0.587. The van der Waals surface area contributed by atoms with Crippen LogP contribution in [0.4, 0.5) is 5.69 Å². The number of para-hydroxylation sites is 1. The van der Waals surface area contributed by atoms with Crippen molar-refractivity contribution >= 4 is 35.2 Å². The molecule has 0 bridgehead atoms. The molecule has 6 nitrogen and oxygen atoms in total. The van der Waals surface area contributed by atoms with E-state index in [1.807, 2.05) is 31.2 Å².